The van der Waals surface area contributed by atoms with Crippen LogP contribution in [0.4, 0.5) is 0 Å². The molecule has 1 aliphatic rings. The third kappa shape index (κ3) is 4.70. The van der Waals surface area contributed by atoms with Crippen molar-refractivity contribution in [3.63, 3.8) is 0 Å². The molecule has 9 aromatic rings. The molecule has 2 heterocycles. The van der Waals surface area contributed by atoms with Gasteiger partial charge in [0.1, 0.15) is 0 Å². The van der Waals surface area contributed by atoms with E-state index in [1.807, 2.05) is 17.4 Å². The minimum atomic E-state index is -0.249. The molecule has 0 saturated carbocycles. The predicted molar refractivity (Wildman–Crippen MR) is 214 cm³/mol. The fraction of sp³-hybridized carbons (Fsp3) is 0.0417. The smallest absolute Gasteiger partial charge is 0.160 e. The minimum absolute atomic E-state index is 0.249. The van der Waals surface area contributed by atoms with Gasteiger partial charge in [-0.2, -0.15) is 0 Å². The first-order valence-corrected chi connectivity index (χ1v) is 18.2. The van der Waals surface area contributed by atoms with Crippen LogP contribution in [0.15, 0.2) is 176 Å². The lowest BCUT2D eigenvalue weighted by atomic mass is 9.74. The molecular formula is C48H32N2S. The molecule has 2 nitrogen and oxygen atoms in total. The van der Waals surface area contributed by atoms with Gasteiger partial charge in [-0.25, -0.2) is 9.97 Å². The Morgan fingerprint density at radius 3 is 1.94 bits per heavy atom. The van der Waals surface area contributed by atoms with Crippen molar-refractivity contribution in [2.75, 3.05) is 0 Å². The fourth-order valence-electron chi connectivity index (χ4n) is 8.11. The number of aromatic nitrogens is 2. The minimum Gasteiger partial charge on any atom is -0.228 e. The molecule has 51 heavy (non-hydrogen) atoms. The Balaban J connectivity index is 1.16. The maximum Gasteiger partial charge on any atom is 0.160 e. The van der Waals surface area contributed by atoms with Gasteiger partial charge >= 0.3 is 0 Å². The van der Waals surface area contributed by atoms with Crippen LogP contribution < -0.4 is 0 Å². The van der Waals surface area contributed by atoms with Gasteiger partial charge in [0.05, 0.1) is 11.4 Å². The van der Waals surface area contributed by atoms with Gasteiger partial charge in [-0.1, -0.05) is 158 Å². The summed E-state index contributed by atoms with van der Waals surface area (Å²) in [7, 11) is 0. The van der Waals surface area contributed by atoms with Crippen molar-refractivity contribution < 1.29 is 0 Å². The zero-order valence-electron chi connectivity index (χ0n) is 28.0. The van der Waals surface area contributed by atoms with E-state index in [2.05, 4.69) is 177 Å². The van der Waals surface area contributed by atoms with Crippen LogP contribution in [0.5, 0.6) is 0 Å². The molecule has 0 aliphatic heterocycles. The van der Waals surface area contributed by atoms with Gasteiger partial charge in [-0.3, -0.25) is 0 Å². The molecule has 1 unspecified atom stereocenters. The molecule has 0 spiro atoms. The topological polar surface area (TPSA) is 25.8 Å². The molecule has 0 radical (unpaired) electrons. The second-order valence-electron chi connectivity index (χ2n) is 13.5. The fourth-order valence-corrected chi connectivity index (χ4v) is 9.33. The second kappa shape index (κ2) is 11.7. The number of benzene rings is 7. The van der Waals surface area contributed by atoms with Crippen LogP contribution in [0.25, 0.3) is 76.3 Å². The highest BCUT2D eigenvalue weighted by molar-refractivity contribution is 7.26. The Labute approximate surface area is 301 Å². The van der Waals surface area contributed by atoms with E-state index in [1.165, 1.54) is 59.1 Å². The Morgan fingerprint density at radius 2 is 1.06 bits per heavy atom. The normalized spacial score (nSPS) is 14.8. The number of fused-ring (bicyclic) bond motifs is 6. The van der Waals surface area contributed by atoms with Gasteiger partial charge in [-0.05, 0) is 64.1 Å². The van der Waals surface area contributed by atoms with Crippen LogP contribution in [0, 0.1) is 0 Å². The average molecular weight is 669 g/mol. The molecule has 0 saturated heterocycles. The monoisotopic (exact) mass is 668 g/mol. The summed E-state index contributed by atoms with van der Waals surface area (Å²) in [6.07, 6.45) is 0. The summed E-state index contributed by atoms with van der Waals surface area (Å²) in [4.78, 5) is 10.4. The van der Waals surface area contributed by atoms with Crippen LogP contribution in [0.1, 0.15) is 23.6 Å². The molecule has 7 aromatic carbocycles. The molecule has 0 amide bonds. The molecule has 0 bridgehead atoms. The maximum absolute atomic E-state index is 5.22. The summed E-state index contributed by atoms with van der Waals surface area (Å²) in [5.74, 6) is 0.722. The van der Waals surface area contributed by atoms with Crippen molar-refractivity contribution in [1.29, 1.82) is 0 Å². The Hall–Kier alpha value is -6.16. The number of hydrogen-bond acceptors (Lipinski definition) is 3. The highest BCUT2D eigenvalue weighted by atomic mass is 32.1. The molecule has 240 valence electrons. The molecular weight excluding hydrogens is 637 g/mol. The lowest BCUT2D eigenvalue weighted by molar-refractivity contribution is 0.714. The van der Waals surface area contributed by atoms with Crippen LogP contribution >= 0.6 is 11.3 Å². The summed E-state index contributed by atoms with van der Waals surface area (Å²) in [6.45, 7) is 2.37. The Morgan fingerprint density at radius 1 is 0.451 bits per heavy atom. The summed E-state index contributed by atoms with van der Waals surface area (Å²) >= 11 is 1.83. The third-order valence-electron chi connectivity index (χ3n) is 10.6. The maximum atomic E-state index is 5.22. The van der Waals surface area contributed by atoms with Crippen LogP contribution in [-0.2, 0) is 5.41 Å². The van der Waals surface area contributed by atoms with Gasteiger partial charge < -0.3 is 0 Å². The second-order valence-corrected chi connectivity index (χ2v) is 14.5. The molecule has 1 atom stereocenters. The molecule has 10 rings (SSSR count). The Kier molecular flexibility index (Phi) is 6.83. The zero-order valence-corrected chi connectivity index (χ0v) is 28.9. The standard InChI is InChI=1S/C48H32N2S/c1-48(34-19-6-3-7-20-34)40-26-10-8-22-38(40)45-35(23-14-27-41(45)48)32-17-12-18-33(29-32)42-30-43(50-47(49-42)31-15-4-2-5-16-31)39-25-13-24-37-36-21-9-11-28-44(36)51-46(37)39/h2-30H,1H3. The van der Waals surface area contributed by atoms with Gasteiger partial charge in [-0.15, -0.1) is 11.3 Å². The molecule has 2 aromatic heterocycles. The van der Waals surface area contributed by atoms with E-state index in [0.29, 0.717) is 0 Å². The van der Waals surface area contributed by atoms with Crippen molar-refractivity contribution in [3.8, 4) is 56.2 Å². The van der Waals surface area contributed by atoms with Crippen LogP contribution in [-0.4, -0.2) is 9.97 Å². The molecule has 1 aliphatic carbocycles. The van der Waals surface area contributed by atoms with Crippen molar-refractivity contribution in [3.05, 3.63) is 193 Å². The summed E-state index contributed by atoms with van der Waals surface area (Å²) in [5, 5.41) is 2.54. The number of nitrogens with zero attached hydrogens (tertiary/aromatic N) is 2. The third-order valence-corrected chi connectivity index (χ3v) is 11.8. The summed E-state index contributed by atoms with van der Waals surface area (Å²) in [5.41, 5.74) is 13.8. The van der Waals surface area contributed by atoms with E-state index in [4.69, 9.17) is 9.97 Å². The molecule has 0 fully saturated rings. The lowest BCUT2D eigenvalue weighted by Gasteiger charge is -2.28. The quantitative estimate of drug-likeness (QED) is 0.182. The van der Waals surface area contributed by atoms with Crippen molar-refractivity contribution >= 4 is 31.5 Å². The summed E-state index contributed by atoms with van der Waals surface area (Å²) in [6, 6.07) is 63.2. The van der Waals surface area contributed by atoms with Crippen LogP contribution in [0.2, 0.25) is 0 Å². The van der Waals surface area contributed by atoms with E-state index in [1.54, 1.807) is 0 Å². The van der Waals surface area contributed by atoms with E-state index < -0.39 is 0 Å². The number of rotatable bonds is 5. The van der Waals surface area contributed by atoms with E-state index in [0.717, 1.165) is 33.9 Å². The van der Waals surface area contributed by atoms with E-state index in [-0.39, 0.29) is 5.41 Å². The number of thiophene rings is 1. The van der Waals surface area contributed by atoms with Gasteiger partial charge in [0, 0.05) is 42.3 Å². The SMILES string of the molecule is CC1(c2ccccc2)c2ccccc2-c2c(-c3cccc(-c4cc(-c5cccc6c5sc5ccccc56)nc(-c5ccccc5)n4)c3)cccc21. The Bertz CT molecular complexity index is 2760. The number of hydrogen-bond donors (Lipinski definition) is 0. The molecule has 3 heteroatoms. The first kappa shape index (κ1) is 29.7. The highest BCUT2D eigenvalue weighted by Gasteiger charge is 2.41. The van der Waals surface area contributed by atoms with Crippen molar-refractivity contribution in [2.24, 2.45) is 0 Å². The molecule has 0 N–H and O–H groups in total. The lowest BCUT2D eigenvalue weighted by Crippen LogP contribution is -2.22. The van der Waals surface area contributed by atoms with Crippen molar-refractivity contribution in [2.45, 2.75) is 12.3 Å². The first-order valence-electron chi connectivity index (χ1n) is 17.4. The highest BCUT2D eigenvalue weighted by Crippen LogP contribution is 2.55. The van der Waals surface area contributed by atoms with Gasteiger partial charge in [0.2, 0.25) is 0 Å². The van der Waals surface area contributed by atoms with Crippen molar-refractivity contribution in [1.82, 2.24) is 9.97 Å². The zero-order chi connectivity index (χ0) is 33.9. The van der Waals surface area contributed by atoms with E-state index >= 15 is 0 Å². The largest absolute Gasteiger partial charge is 0.228 e. The average Bonchev–Trinajstić information content (AvgIpc) is 3.72. The summed E-state index contributed by atoms with van der Waals surface area (Å²) < 4.78 is 2.53. The predicted octanol–water partition coefficient (Wildman–Crippen LogP) is 12.8. The van der Waals surface area contributed by atoms with Crippen LogP contribution in [0.3, 0.4) is 0 Å². The van der Waals surface area contributed by atoms with E-state index in [9.17, 15) is 0 Å². The van der Waals surface area contributed by atoms with Gasteiger partial charge in [0.15, 0.2) is 5.82 Å². The first-order chi connectivity index (χ1) is 25.2. The van der Waals surface area contributed by atoms with Gasteiger partial charge in [0.25, 0.3) is 0 Å².